The van der Waals surface area contributed by atoms with Crippen molar-refractivity contribution in [1.29, 1.82) is 0 Å². The number of benzene rings is 1. The minimum Gasteiger partial charge on any atom is -0.235 e. The Morgan fingerprint density at radius 2 is 1.76 bits per heavy atom. The molecule has 0 atom stereocenters. The zero-order valence-electron chi connectivity index (χ0n) is 14.6. The highest BCUT2D eigenvalue weighted by molar-refractivity contribution is 6.30. The minimum absolute atomic E-state index is 0.502. The summed E-state index contributed by atoms with van der Waals surface area (Å²) in [5.41, 5.74) is 1.84. The van der Waals surface area contributed by atoms with Crippen molar-refractivity contribution < 1.29 is 0 Å². The van der Waals surface area contributed by atoms with Gasteiger partial charge in [-0.05, 0) is 62.3 Å². The topological polar surface area (TPSA) is 25.8 Å². The fraction of sp³-hybridized carbons (Fsp3) is 0.364. The maximum absolute atomic E-state index is 5.91. The third-order valence-electron chi connectivity index (χ3n) is 4.59. The number of nitrogens with zero attached hydrogens (tertiary/aromatic N) is 2. The van der Waals surface area contributed by atoms with Gasteiger partial charge in [0.25, 0.3) is 0 Å². The van der Waals surface area contributed by atoms with Gasteiger partial charge < -0.3 is 0 Å². The van der Waals surface area contributed by atoms with Gasteiger partial charge in [-0.15, -0.1) is 0 Å². The van der Waals surface area contributed by atoms with Gasteiger partial charge in [-0.3, -0.25) is 0 Å². The summed E-state index contributed by atoms with van der Waals surface area (Å²) in [6.45, 7) is 2.19. The molecule has 1 fully saturated rings. The Hall–Kier alpha value is -2.11. The Bertz CT molecular complexity index is 758. The summed E-state index contributed by atoms with van der Waals surface area (Å²) in [4.78, 5) is 8.84. The van der Waals surface area contributed by atoms with Gasteiger partial charge in [0.1, 0.15) is 0 Å². The van der Waals surface area contributed by atoms with Crippen LogP contribution in [0.4, 0.5) is 0 Å². The molecule has 1 saturated carbocycles. The van der Waals surface area contributed by atoms with Gasteiger partial charge in [-0.25, -0.2) is 9.97 Å². The molecule has 0 aliphatic heterocycles. The summed E-state index contributed by atoms with van der Waals surface area (Å²) in [6.07, 6.45) is 14.3. The smallest absolute Gasteiger partial charge is 0.159 e. The molecule has 128 valence electrons. The Morgan fingerprint density at radius 1 is 1.08 bits per heavy atom. The van der Waals surface area contributed by atoms with E-state index >= 15 is 0 Å². The first-order chi connectivity index (χ1) is 12.2. The molecule has 0 N–H and O–H groups in total. The average Bonchev–Trinajstić information content (AvgIpc) is 2.67. The Balaban J connectivity index is 1.58. The summed E-state index contributed by atoms with van der Waals surface area (Å²) in [7, 11) is 0. The van der Waals surface area contributed by atoms with Crippen LogP contribution < -0.4 is 0 Å². The molecule has 2 nitrogen and oxygen atoms in total. The highest BCUT2D eigenvalue weighted by Gasteiger charge is 2.17. The molecule has 0 saturated heterocycles. The SMILES string of the molecule is CCC=CC1CCC(C#Cc2cnc(-c3ccc(Cl)cc3)nc2)CC1. The minimum atomic E-state index is 0.502. The van der Waals surface area contributed by atoms with Crippen LogP contribution in [-0.4, -0.2) is 9.97 Å². The third kappa shape index (κ3) is 5.18. The molecule has 1 heterocycles. The number of hydrogen-bond acceptors (Lipinski definition) is 2. The van der Waals surface area contributed by atoms with Gasteiger partial charge in [0.15, 0.2) is 5.82 Å². The molecule has 1 aromatic heterocycles. The molecule has 0 bridgehead atoms. The molecular weight excluding hydrogens is 328 g/mol. The van der Waals surface area contributed by atoms with E-state index in [0.29, 0.717) is 16.8 Å². The predicted molar refractivity (Wildman–Crippen MR) is 104 cm³/mol. The van der Waals surface area contributed by atoms with Crippen molar-refractivity contribution in [3.05, 3.63) is 59.4 Å². The lowest BCUT2D eigenvalue weighted by Gasteiger charge is -2.23. The second kappa shape index (κ2) is 8.83. The molecule has 25 heavy (non-hydrogen) atoms. The van der Waals surface area contributed by atoms with Crippen LogP contribution in [0.25, 0.3) is 11.4 Å². The van der Waals surface area contributed by atoms with Crippen LogP contribution in [-0.2, 0) is 0 Å². The normalized spacial score (nSPS) is 20.2. The van der Waals surface area contributed by atoms with E-state index < -0.39 is 0 Å². The van der Waals surface area contributed by atoms with Gasteiger partial charge in [0.05, 0.1) is 5.56 Å². The molecule has 3 heteroatoms. The summed E-state index contributed by atoms with van der Waals surface area (Å²) >= 11 is 5.91. The number of allylic oxidation sites excluding steroid dienone is 2. The lowest BCUT2D eigenvalue weighted by atomic mass is 9.82. The molecule has 1 aromatic carbocycles. The third-order valence-corrected chi connectivity index (χ3v) is 4.84. The Labute approximate surface area is 155 Å². The van der Waals surface area contributed by atoms with Crippen molar-refractivity contribution in [3.8, 4) is 23.2 Å². The van der Waals surface area contributed by atoms with Crippen LogP contribution in [0.5, 0.6) is 0 Å². The fourth-order valence-corrected chi connectivity index (χ4v) is 3.24. The second-order valence-electron chi connectivity index (χ2n) is 6.52. The monoisotopic (exact) mass is 350 g/mol. The van der Waals surface area contributed by atoms with Gasteiger partial charge in [0, 0.05) is 28.9 Å². The van der Waals surface area contributed by atoms with Crippen LogP contribution in [0.2, 0.25) is 5.02 Å². The predicted octanol–water partition coefficient (Wildman–Crippen LogP) is 5.92. The zero-order chi connectivity index (χ0) is 17.5. The van der Waals surface area contributed by atoms with Crippen molar-refractivity contribution in [2.45, 2.75) is 39.0 Å². The zero-order valence-corrected chi connectivity index (χ0v) is 15.3. The quantitative estimate of drug-likeness (QED) is 0.507. The van der Waals surface area contributed by atoms with Crippen LogP contribution in [0.1, 0.15) is 44.6 Å². The molecule has 3 rings (SSSR count). The molecule has 0 radical (unpaired) electrons. The van der Waals surface area contributed by atoms with Crippen LogP contribution in [0.15, 0.2) is 48.8 Å². The second-order valence-corrected chi connectivity index (χ2v) is 6.96. The molecule has 1 aliphatic rings. The number of rotatable bonds is 3. The lowest BCUT2D eigenvalue weighted by Crippen LogP contribution is -2.11. The van der Waals surface area contributed by atoms with Crippen molar-refractivity contribution in [2.24, 2.45) is 11.8 Å². The van der Waals surface area contributed by atoms with E-state index in [1.165, 1.54) is 25.7 Å². The standard InChI is InChI=1S/C22H23ClN2/c1-2-3-4-17-5-7-18(8-6-17)9-10-19-15-24-22(25-16-19)20-11-13-21(23)14-12-20/h3-4,11-18H,2,5-8H2,1H3. The van der Waals surface area contributed by atoms with E-state index in [4.69, 9.17) is 11.6 Å². The van der Waals surface area contributed by atoms with Crippen LogP contribution in [0.3, 0.4) is 0 Å². The highest BCUT2D eigenvalue weighted by Crippen LogP contribution is 2.29. The van der Waals surface area contributed by atoms with Crippen LogP contribution >= 0.6 is 11.6 Å². The number of aromatic nitrogens is 2. The van der Waals surface area contributed by atoms with E-state index in [0.717, 1.165) is 23.5 Å². The van der Waals surface area contributed by atoms with E-state index in [-0.39, 0.29) is 0 Å². The van der Waals surface area contributed by atoms with E-state index in [9.17, 15) is 0 Å². The molecule has 0 amide bonds. The lowest BCUT2D eigenvalue weighted by molar-refractivity contribution is 0.364. The first-order valence-electron chi connectivity index (χ1n) is 9.01. The average molecular weight is 351 g/mol. The van der Waals surface area contributed by atoms with Crippen molar-refractivity contribution in [2.75, 3.05) is 0 Å². The van der Waals surface area contributed by atoms with E-state index in [1.807, 2.05) is 24.3 Å². The largest absolute Gasteiger partial charge is 0.235 e. The first-order valence-corrected chi connectivity index (χ1v) is 9.38. The van der Waals surface area contributed by atoms with Gasteiger partial charge in [0.2, 0.25) is 0 Å². The fourth-order valence-electron chi connectivity index (χ4n) is 3.11. The molecular formula is C22H23ClN2. The molecule has 2 aromatic rings. The maximum atomic E-state index is 5.91. The van der Waals surface area contributed by atoms with Crippen molar-refractivity contribution >= 4 is 11.6 Å². The molecule has 1 aliphatic carbocycles. The van der Waals surface area contributed by atoms with Gasteiger partial charge in [-0.2, -0.15) is 0 Å². The van der Waals surface area contributed by atoms with Gasteiger partial charge >= 0.3 is 0 Å². The highest BCUT2D eigenvalue weighted by atomic mass is 35.5. The summed E-state index contributed by atoms with van der Waals surface area (Å²) in [5.74, 6) is 8.61. The van der Waals surface area contributed by atoms with Crippen molar-refractivity contribution in [3.63, 3.8) is 0 Å². The van der Waals surface area contributed by atoms with Crippen molar-refractivity contribution in [1.82, 2.24) is 9.97 Å². The maximum Gasteiger partial charge on any atom is 0.159 e. The Morgan fingerprint density at radius 3 is 2.40 bits per heavy atom. The van der Waals surface area contributed by atoms with E-state index in [1.54, 1.807) is 12.4 Å². The van der Waals surface area contributed by atoms with E-state index in [2.05, 4.69) is 40.9 Å². The van der Waals surface area contributed by atoms with Gasteiger partial charge in [-0.1, -0.05) is 42.5 Å². The van der Waals surface area contributed by atoms with Crippen LogP contribution in [0, 0.1) is 23.7 Å². The summed E-state index contributed by atoms with van der Waals surface area (Å²) < 4.78 is 0. The molecule has 0 spiro atoms. The number of hydrogen-bond donors (Lipinski definition) is 0. The first kappa shape index (κ1) is 17.7. The summed E-state index contributed by atoms with van der Waals surface area (Å²) in [6, 6.07) is 7.54. The number of halogens is 1. The summed E-state index contributed by atoms with van der Waals surface area (Å²) in [5, 5.41) is 0.714. The molecule has 0 unspecified atom stereocenters. The Kier molecular flexibility index (Phi) is 6.25.